The Morgan fingerprint density at radius 1 is 1.43 bits per heavy atom. The van der Waals surface area contributed by atoms with E-state index in [4.69, 9.17) is 11.6 Å². The summed E-state index contributed by atoms with van der Waals surface area (Å²) in [4.78, 5) is 0. The standard InChI is InChI=1S/C10H8BrClF2/c11-6-4-8(13)5-2-1-3-7(12)9(5)10(6)14/h4,7H,1-3H2. The maximum Gasteiger partial charge on any atom is 0.142 e. The zero-order valence-corrected chi connectivity index (χ0v) is 9.63. The third-order valence-electron chi connectivity index (χ3n) is 2.51. The minimum absolute atomic E-state index is 0.154. The molecule has 0 nitrogen and oxygen atoms in total. The highest BCUT2D eigenvalue weighted by Crippen LogP contribution is 2.39. The zero-order valence-electron chi connectivity index (χ0n) is 7.29. The van der Waals surface area contributed by atoms with Crippen LogP contribution in [0.3, 0.4) is 0 Å². The van der Waals surface area contributed by atoms with Crippen LogP contribution in [0.5, 0.6) is 0 Å². The molecule has 0 heterocycles. The molecule has 1 unspecified atom stereocenters. The molecule has 4 heteroatoms. The van der Waals surface area contributed by atoms with Crippen LogP contribution in [-0.2, 0) is 6.42 Å². The monoisotopic (exact) mass is 280 g/mol. The van der Waals surface area contributed by atoms with Gasteiger partial charge < -0.3 is 0 Å². The predicted octanol–water partition coefficient (Wildman–Crippen LogP) is 4.34. The molecule has 0 saturated heterocycles. The second kappa shape index (κ2) is 3.78. The van der Waals surface area contributed by atoms with E-state index in [9.17, 15) is 8.78 Å². The van der Waals surface area contributed by atoms with Gasteiger partial charge in [-0.1, -0.05) is 0 Å². The molecule has 1 atom stereocenters. The van der Waals surface area contributed by atoms with E-state index in [1.54, 1.807) is 0 Å². The van der Waals surface area contributed by atoms with Gasteiger partial charge in [-0.05, 0) is 46.8 Å². The molecule has 0 bridgehead atoms. The van der Waals surface area contributed by atoms with Gasteiger partial charge in [-0.25, -0.2) is 8.78 Å². The first-order chi connectivity index (χ1) is 6.61. The number of halogens is 4. The summed E-state index contributed by atoms with van der Waals surface area (Å²) in [6, 6.07) is 1.17. The van der Waals surface area contributed by atoms with Crippen molar-refractivity contribution in [1.29, 1.82) is 0 Å². The Labute approximate surface area is 94.4 Å². The molecule has 1 aliphatic carbocycles. The van der Waals surface area contributed by atoms with Gasteiger partial charge >= 0.3 is 0 Å². The Bertz CT molecular complexity index is 379. The van der Waals surface area contributed by atoms with E-state index in [0.717, 1.165) is 6.42 Å². The molecule has 0 amide bonds. The van der Waals surface area contributed by atoms with Crippen molar-refractivity contribution in [2.24, 2.45) is 0 Å². The molecule has 1 aromatic carbocycles. The lowest BCUT2D eigenvalue weighted by molar-refractivity contribution is 0.529. The lowest BCUT2D eigenvalue weighted by atomic mass is 9.90. The number of alkyl halides is 1. The Balaban J connectivity index is 2.67. The number of fused-ring (bicyclic) bond motifs is 1. The fourth-order valence-corrected chi connectivity index (χ4v) is 2.63. The summed E-state index contributed by atoms with van der Waals surface area (Å²) in [5, 5.41) is -0.397. The molecule has 0 spiro atoms. The Morgan fingerprint density at radius 3 is 2.86 bits per heavy atom. The van der Waals surface area contributed by atoms with Crippen LogP contribution in [0.2, 0.25) is 0 Å². The highest BCUT2D eigenvalue weighted by atomic mass is 79.9. The van der Waals surface area contributed by atoms with Gasteiger partial charge in [0.25, 0.3) is 0 Å². The summed E-state index contributed by atoms with van der Waals surface area (Å²) in [7, 11) is 0. The fraction of sp³-hybridized carbons (Fsp3) is 0.400. The molecule has 0 fully saturated rings. The van der Waals surface area contributed by atoms with Gasteiger partial charge in [-0.2, -0.15) is 0 Å². The highest BCUT2D eigenvalue weighted by molar-refractivity contribution is 9.10. The van der Waals surface area contributed by atoms with E-state index in [1.165, 1.54) is 6.07 Å². The van der Waals surface area contributed by atoms with Crippen molar-refractivity contribution in [2.45, 2.75) is 24.6 Å². The van der Waals surface area contributed by atoms with Crippen LogP contribution in [-0.4, -0.2) is 0 Å². The van der Waals surface area contributed by atoms with Crippen LogP contribution >= 0.6 is 27.5 Å². The van der Waals surface area contributed by atoms with Crippen molar-refractivity contribution in [3.63, 3.8) is 0 Å². The fourth-order valence-electron chi connectivity index (χ4n) is 1.83. The van der Waals surface area contributed by atoms with Crippen molar-refractivity contribution in [3.05, 3.63) is 33.3 Å². The minimum Gasteiger partial charge on any atom is -0.207 e. The smallest absolute Gasteiger partial charge is 0.142 e. The van der Waals surface area contributed by atoms with Gasteiger partial charge in [0.15, 0.2) is 0 Å². The number of hydrogen-bond acceptors (Lipinski definition) is 0. The number of rotatable bonds is 0. The van der Waals surface area contributed by atoms with Crippen LogP contribution in [0.4, 0.5) is 8.78 Å². The molecule has 0 saturated carbocycles. The van der Waals surface area contributed by atoms with Crippen LogP contribution < -0.4 is 0 Å². The molecule has 0 N–H and O–H groups in total. The lowest BCUT2D eigenvalue weighted by Crippen LogP contribution is -2.10. The molecule has 14 heavy (non-hydrogen) atoms. The average molecular weight is 282 g/mol. The van der Waals surface area contributed by atoms with E-state index in [1.807, 2.05) is 0 Å². The molecule has 2 rings (SSSR count). The van der Waals surface area contributed by atoms with Gasteiger partial charge in [-0.15, -0.1) is 11.6 Å². The molecule has 0 aliphatic heterocycles. The molecular formula is C10H8BrClF2. The van der Waals surface area contributed by atoms with Gasteiger partial charge in [0.05, 0.1) is 9.85 Å². The molecular weight excluding hydrogens is 273 g/mol. The Morgan fingerprint density at radius 2 is 2.14 bits per heavy atom. The maximum absolute atomic E-state index is 13.6. The van der Waals surface area contributed by atoms with Crippen LogP contribution in [0.25, 0.3) is 0 Å². The van der Waals surface area contributed by atoms with Gasteiger partial charge in [-0.3, -0.25) is 0 Å². The Hall–Kier alpha value is -0.150. The van der Waals surface area contributed by atoms with Crippen LogP contribution in [0, 0.1) is 11.6 Å². The lowest BCUT2D eigenvalue weighted by Gasteiger charge is -2.22. The number of benzene rings is 1. The number of hydrogen-bond donors (Lipinski definition) is 0. The summed E-state index contributed by atoms with van der Waals surface area (Å²) >= 11 is 8.95. The zero-order chi connectivity index (χ0) is 10.3. The Kier molecular flexibility index (Phi) is 2.80. The first-order valence-corrected chi connectivity index (χ1v) is 5.64. The van der Waals surface area contributed by atoms with Crippen molar-refractivity contribution in [3.8, 4) is 0 Å². The van der Waals surface area contributed by atoms with Crippen LogP contribution in [0.15, 0.2) is 10.5 Å². The third kappa shape index (κ3) is 1.57. The third-order valence-corrected chi connectivity index (χ3v) is 3.52. The van der Waals surface area contributed by atoms with E-state index in [2.05, 4.69) is 15.9 Å². The summed E-state index contributed by atoms with van der Waals surface area (Å²) in [6.07, 6.45) is 2.11. The first kappa shape index (κ1) is 10.4. The second-order valence-electron chi connectivity index (χ2n) is 3.41. The summed E-state index contributed by atoms with van der Waals surface area (Å²) in [5.41, 5.74) is 0.779. The predicted molar refractivity (Wildman–Crippen MR) is 55.6 cm³/mol. The quantitative estimate of drug-likeness (QED) is 0.490. The minimum atomic E-state index is -0.416. The summed E-state index contributed by atoms with van der Waals surface area (Å²) in [6.45, 7) is 0. The van der Waals surface area contributed by atoms with Crippen LogP contribution in [0.1, 0.15) is 29.3 Å². The molecule has 1 aliphatic rings. The van der Waals surface area contributed by atoms with E-state index in [-0.39, 0.29) is 10.3 Å². The van der Waals surface area contributed by atoms with Gasteiger partial charge in [0.1, 0.15) is 11.6 Å². The van der Waals surface area contributed by atoms with Crippen molar-refractivity contribution >= 4 is 27.5 Å². The highest BCUT2D eigenvalue weighted by Gasteiger charge is 2.26. The summed E-state index contributed by atoms with van der Waals surface area (Å²) in [5.74, 6) is -0.778. The maximum atomic E-state index is 13.6. The second-order valence-corrected chi connectivity index (χ2v) is 4.79. The normalized spacial score (nSPS) is 20.7. The van der Waals surface area contributed by atoms with E-state index < -0.39 is 11.2 Å². The van der Waals surface area contributed by atoms with Crippen molar-refractivity contribution in [2.75, 3.05) is 0 Å². The van der Waals surface area contributed by atoms with E-state index >= 15 is 0 Å². The average Bonchev–Trinajstić information content (AvgIpc) is 2.14. The van der Waals surface area contributed by atoms with Gasteiger partial charge in [0.2, 0.25) is 0 Å². The molecule has 0 radical (unpaired) electrons. The van der Waals surface area contributed by atoms with E-state index in [0.29, 0.717) is 24.0 Å². The summed E-state index contributed by atoms with van der Waals surface area (Å²) < 4.78 is 27.2. The molecule has 1 aromatic rings. The van der Waals surface area contributed by atoms with Gasteiger partial charge in [0, 0.05) is 5.56 Å². The topological polar surface area (TPSA) is 0 Å². The molecule has 76 valence electrons. The first-order valence-electron chi connectivity index (χ1n) is 4.41. The largest absolute Gasteiger partial charge is 0.207 e. The van der Waals surface area contributed by atoms with Crippen molar-refractivity contribution < 1.29 is 8.78 Å². The molecule has 0 aromatic heterocycles. The SMILES string of the molecule is Fc1cc(Br)c(F)c2c1CCCC2Cl. The van der Waals surface area contributed by atoms with Crippen molar-refractivity contribution in [1.82, 2.24) is 0 Å².